The lowest BCUT2D eigenvalue weighted by atomic mass is 10.1. The number of hydrogen-bond acceptors (Lipinski definition) is 6. The molecule has 0 saturated heterocycles. The lowest BCUT2D eigenvalue weighted by Crippen LogP contribution is -2.14. The molecule has 0 aliphatic rings. The Morgan fingerprint density at radius 2 is 1.79 bits per heavy atom. The number of aromatic nitrogens is 2. The zero-order chi connectivity index (χ0) is 20.8. The monoisotopic (exact) mass is 390 g/mol. The van der Waals surface area contributed by atoms with Gasteiger partial charge < -0.3 is 15.4 Å². The predicted molar refractivity (Wildman–Crippen MR) is 112 cm³/mol. The highest BCUT2D eigenvalue weighted by Gasteiger charge is 2.14. The van der Waals surface area contributed by atoms with Crippen LogP contribution in [0.2, 0.25) is 0 Å². The number of para-hydroxylation sites is 1. The number of carbonyl (C=O) groups is 2. The van der Waals surface area contributed by atoms with E-state index in [0.717, 1.165) is 11.1 Å². The third-order valence-electron chi connectivity index (χ3n) is 4.35. The second-order valence-electron chi connectivity index (χ2n) is 6.43. The first-order valence-corrected chi connectivity index (χ1v) is 9.21. The molecule has 1 heterocycles. The lowest BCUT2D eigenvalue weighted by molar-refractivity contribution is 0.0527. The molecule has 0 fully saturated rings. The molecule has 7 heteroatoms. The van der Waals surface area contributed by atoms with Gasteiger partial charge in [0.05, 0.1) is 17.9 Å². The first-order chi connectivity index (χ1) is 14.0. The van der Waals surface area contributed by atoms with Crippen LogP contribution >= 0.6 is 0 Å². The van der Waals surface area contributed by atoms with Crippen molar-refractivity contribution in [1.29, 1.82) is 0 Å². The molecule has 0 saturated carbocycles. The average molecular weight is 390 g/mol. The van der Waals surface area contributed by atoms with Crippen molar-refractivity contribution < 1.29 is 14.3 Å². The van der Waals surface area contributed by atoms with Crippen LogP contribution in [-0.4, -0.2) is 28.5 Å². The summed E-state index contributed by atoms with van der Waals surface area (Å²) in [7, 11) is 0. The molecule has 3 aromatic rings. The molecular weight excluding hydrogens is 368 g/mol. The summed E-state index contributed by atoms with van der Waals surface area (Å²) in [5, 5.41) is 5.89. The van der Waals surface area contributed by atoms with Gasteiger partial charge in [0.15, 0.2) is 0 Å². The fraction of sp³-hybridized carbons (Fsp3) is 0.182. The Morgan fingerprint density at radius 3 is 2.55 bits per heavy atom. The van der Waals surface area contributed by atoms with Gasteiger partial charge in [-0.25, -0.2) is 14.8 Å². The average Bonchev–Trinajstić information content (AvgIpc) is 2.71. The molecule has 0 atom stereocenters. The Kier molecular flexibility index (Phi) is 6.19. The van der Waals surface area contributed by atoms with E-state index in [1.807, 2.05) is 32.0 Å². The number of benzene rings is 2. The first kappa shape index (κ1) is 20.0. The number of anilines is 3. The van der Waals surface area contributed by atoms with Gasteiger partial charge in [-0.05, 0) is 56.2 Å². The molecule has 0 bridgehead atoms. The molecule has 1 aromatic heterocycles. The second kappa shape index (κ2) is 8.97. The maximum atomic E-state index is 12.6. The highest BCUT2D eigenvalue weighted by molar-refractivity contribution is 6.03. The van der Waals surface area contributed by atoms with Gasteiger partial charge in [-0.3, -0.25) is 4.79 Å². The predicted octanol–water partition coefficient (Wildman–Crippen LogP) is 4.27. The van der Waals surface area contributed by atoms with Crippen LogP contribution in [0.3, 0.4) is 0 Å². The number of aryl methyl sites for hydroxylation is 2. The molecule has 2 aromatic carbocycles. The summed E-state index contributed by atoms with van der Waals surface area (Å²) in [6.07, 6.45) is 1.30. The van der Waals surface area contributed by atoms with Gasteiger partial charge in [0, 0.05) is 11.8 Å². The summed E-state index contributed by atoms with van der Waals surface area (Å²) in [5.74, 6) is -0.392. The summed E-state index contributed by atoms with van der Waals surface area (Å²) in [6.45, 7) is 6.03. The van der Waals surface area contributed by atoms with Gasteiger partial charge in [-0.2, -0.15) is 0 Å². The lowest BCUT2D eigenvalue weighted by Gasteiger charge is -2.11. The number of hydrogen-bond donors (Lipinski definition) is 2. The third-order valence-corrected chi connectivity index (χ3v) is 4.35. The summed E-state index contributed by atoms with van der Waals surface area (Å²) < 4.78 is 5.08. The quantitative estimate of drug-likeness (QED) is 0.611. The largest absolute Gasteiger partial charge is 0.462 e. The van der Waals surface area contributed by atoms with Gasteiger partial charge >= 0.3 is 5.97 Å². The van der Waals surface area contributed by atoms with E-state index in [4.69, 9.17) is 4.74 Å². The molecule has 0 spiro atoms. The third kappa shape index (κ3) is 4.95. The summed E-state index contributed by atoms with van der Waals surface area (Å²) in [5.41, 5.74) is 4.05. The van der Waals surface area contributed by atoms with Crippen LogP contribution in [0, 0.1) is 13.8 Å². The Bertz CT molecular complexity index is 1050. The van der Waals surface area contributed by atoms with Gasteiger partial charge in [0.1, 0.15) is 17.8 Å². The van der Waals surface area contributed by atoms with E-state index < -0.39 is 5.97 Å². The summed E-state index contributed by atoms with van der Waals surface area (Å²) in [4.78, 5) is 32.9. The fourth-order valence-electron chi connectivity index (χ4n) is 2.68. The van der Waals surface area contributed by atoms with Crippen molar-refractivity contribution in [2.24, 2.45) is 0 Å². The fourth-order valence-corrected chi connectivity index (χ4v) is 2.68. The van der Waals surface area contributed by atoms with Gasteiger partial charge in [0.2, 0.25) is 0 Å². The Morgan fingerprint density at radius 1 is 1.00 bits per heavy atom. The normalized spacial score (nSPS) is 10.3. The maximum absolute atomic E-state index is 12.6. The minimum atomic E-state index is -0.433. The molecule has 29 heavy (non-hydrogen) atoms. The highest BCUT2D eigenvalue weighted by Crippen LogP contribution is 2.21. The topological polar surface area (TPSA) is 93.2 Å². The molecule has 7 nitrogen and oxygen atoms in total. The van der Waals surface area contributed by atoms with Crippen LogP contribution < -0.4 is 10.6 Å². The van der Waals surface area contributed by atoms with Gasteiger partial charge in [-0.15, -0.1) is 0 Å². The van der Waals surface area contributed by atoms with Gasteiger partial charge in [-0.1, -0.05) is 18.2 Å². The van der Waals surface area contributed by atoms with Gasteiger partial charge in [0.25, 0.3) is 5.91 Å². The molecule has 2 N–H and O–H groups in total. The van der Waals surface area contributed by atoms with Crippen molar-refractivity contribution >= 4 is 29.1 Å². The molecule has 0 aliphatic carbocycles. The van der Waals surface area contributed by atoms with Crippen molar-refractivity contribution in [2.45, 2.75) is 20.8 Å². The Balaban J connectivity index is 1.79. The molecule has 0 radical (unpaired) electrons. The zero-order valence-corrected chi connectivity index (χ0v) is 16.5. The smallest absolute Gasteiger partial charge is 0.340 e. The molecule has 0 aliphatic heterocycles. The van der Waals surface area contributed by atoms with Crippen molar-refractivity contribution in [3.8, 4) is 0 Å². The zero-order valence-electron chi connectivity index (χ0n) is 16.5. The number of carbonyl (C=O) groups excluding carboxylic acids is 2. The number of nitrogens with one attached hydrogen (secondary N) is 2. The van der Waals surface area contributed by atoms with E-state index in [2.05, 4.69) is 20.6 Å². The molecule has 3 rings (SSSR count). The standard InChI is InChI=1S/C22H22N4O3/c1-4-29-22(28)17-7-5-6-8-18(17)26-20-12-19(23-13-24-20)21(27)25-16-10-9-14(2)15(3)11-16/h5-13H,4H2,1-3H3,(H,25,27)(H,23,24,26). The van der Waals surface area contributed by atoms with Crippen LogP contribution in [0.4, 0.5) is 17.2 Å². The molecular formula is C22H22N4O3. The number of amides is 1. The summed E-state index contributed by atoms with van der Waals surface area (Å²) >= 11 is 0. The minimum Gasteiger partial charge on any atom is -0.462 e. The number of esters is 1. The highest BCUT2D eigenvalue weighted by atomic mass is 16.5. The van der Waals surface area contributed by atoms with Crippen LogP contribution in [0.1, 0.15) is 38.9 Å². The van der Waals surface area contributed by atoms with E-state index in [9.17, 15) is 9.59 Å². The van der Waals surface area contributed by atoms with E-state index in [-0.39, 0.29) is 18.2 Å². The van der Waals surface area contributed by atoms with E-state index >= 15 is 0 Å². The van der Waals surface area contributed by atoms with E-state index in [1.54, 1.807) is 31.2 Å². The van der Waals surface area contributed by atoms with Crippen molar-refractivity contribution in [3.05, 3.63) is 77.2 Å². The van der Waals surface area contributed by atoms with Crippen LogP contribution in [0.15, 0.2) is 54.9 Å². The molecule has 148 valence electrons. The number of rotatable bonds is 6. The van der Waals surface area contributed by atoms with Crippen molar-refractivity contribution in [1.82, 2.24) is 9.97 Å². The number of ether oxygens (including phenoxy) is 1. The Labute approximate surface area is 169 Å². The first-order valence-electron chi connectivity index (χ1n) is 9.21. The van der Waals surface area contributed by atoms with Crippen LogP contribution in [0.5, 0.6) is 0 Å². The number of nitrogens with zero attached hydrogens (tertiary/aromatic N) is 2. The molecule has 1 amide bonds. The minimum absolute atomic E-state index is 0.203. The second-order valence-corrected chi connectivity index (χ2v) is 6.43. The SMILES string of the molecule is CCOC(=O)c1ccccc1Nc1cc(C(=O)Nc2ccc(C)c(C)c2)ncn1. The van der Waals surface area contributed by atoms with E-state index in [1.165, 1.54) is 12.4 Å². The summed E-state index contributed by atoms with van der Waals surface area (Å²) in [6, 6.07) is 14.2. The van der Waals surface area contributed by atoms with Crippen LogP contribution in [-0.2, 0) is 4.74 Å². The Hall–Kier alpha value is -3.74. The van der Waals surface area contributed by atoms with Crippen molar-refractivity contribution in [2.75, 3.05) is 17.2 Å². The molecule has 0 unspecified atom stereocenters. The van der Waals surface area contributed by atoms with Crippen molar-refractivity contribution in [3.63, 3.8) is 0 Å². The van der Waals surface area contributed by atoms with E-state index in [0.29, 0.717) is 22.8 Å². The van der Waals surface area contributed by atoms with Crippen LogP contribution in [0.25, 0.3) is 0 Å². The maximum Gasteiger partial charge on any atom is 0.340 e.